The second kappa shape index (κ2) is 6.59. The third-order valence-electron chi connectivity index (χ3n) is 4.18. The number of benzene rings is 1. The lowest BCUT2D eigenvalue weighted by molar-refractivity contribution is 0.221. The number of anilines is 1. The Kier molecular flexibility index (Phi) is 5.05. The van der Waals surface area contributed by atoms with Gasteiger partial charge in [-0.2, -0.15) is 0 Å². The Balaban J connectivity index is 2.17. The standard InChI is InChI=1S/C15H23BrN4/c1-3-20-8-6-12(7-9-20)19(2)14-5-4-11(16)10-13(14)15(17)18/h4-5,10,12H,3,6-9H2,1-2H3,(H3,17,18). The Morgan fingerprint density at radius 1 is 1.45 bits per heavy atom. The minimum Gasteiger partial charge on any atom is -0.384 e. The molecule has 1 aromatic rings. The minimum absolute atomic E-state index is 0.124. The number of halogens is 1. The number of hydrogen-bond acceptors (Lipinski definition) is 3. The van der Waals surface area contributed by atoms with E-state index in [2.05, 4.69) is 39.7 Å². The average Bonchev–Trinajstić information content (AvgIpc) is 2.46. The van der Waals surface area contributed by atoms with Crippen LogP contribution in [0.5, 0.6) is 0 Å². The van der Waals surface area contributed by atoms with Gasteiger partial charge in [-0.1, -0.05) is 22.9 Å². The van der Waals surface area contributed by atoms with Gasteiger partial charge in [0.05, 0.1) is 0 Å². The molecule has 1 aliphatic heterocycles. The maximum absolute atomic E-state index is 7.76. The van der Waals surface area contributed by atoms with Gasteiger partial charge in [0.25, 0.3) is 0 Å². The van der Waals surface area contributed by atoms with Crippen molar-refractivity contribution in [2.45, 2.75) is 25.8 Å². The summed E-state index contributed by atoms with van der Waals surface area (Å²) in [5, 5.41) is 7.76. The van der Waals surface area contributed by atoms with Crippen LogP contribution in [0.1, 0.15) is 25.3 Å². The fourth-order valence-corrected chi connectivity index (χ4v) is 3.21. The van der Waals surface area contributed by atoms with Gasteiger partial charge in [-0.25, -0.2) is 0 Å². The molecule has 110 valence electrons. The first-order valence-electron chi connectivity index (χ1n) is 7.12. The minimum atomic E-state index is 0.124. The summed E-state index contributed by atoms with van der Waals surface area (Å²) in [6.45, 7) is 5.65. The molecule has 0 amide bonds. The molecule has 3 N–H and O–H groups in total. The molecule has 0 atom stereocenters. The quantitative estimate of drug-likeness (QED) is 0.655. The fraction of sp³-hybridized carbons (Fsp3) is 0.533. The molecule has 1 aromatic carbocycles. The van der Waals surface area contributed by atoms with Gasteiger partial charge in [0, 0.05) is 41.9 Å². The van der Waals surface area contributed by atoms with E-state index < -0.39 is 0 Å². The van der Waals surface area contributed by atoms with Gasteiger partial charge in [-0.15, -0.1) is 0 Å². The van der Waals surface area contributed by atoms with Crippen LogP contribution in [0.3, 0.4) is 0 Å². The Hall–Kier alpha value is -1.07. The molecule has 0 aromatic heterocycles. The van der Waals surface area contributed by atoms with E-state index in [0.29, 0.717) is 6.04 Å². The molecule has 5 heteroatoms. The second-order valence-electron chi connectivity index (χ2n) is 5.35. The first-order valence-corrected chi connectivity index (χ1v) is 7.91. The number of hydrogen-bond donors (Lipinski definition) is 2. The van der Waals surface area contributed by atoms with Gasteiger partial charge in [-0.3, -0.25) is 5.41 Å². The molecule has 1 fully saturated rings. The van der Waals surface area contributed by atoms with Crippen LogP contribution in [-0.2, 0) is 0 Å². The number of likely N-dealkylation sites (tertiary alicyclic amines) is 1. The van der Waals surface area contributed by atoms with Crippen LogP contribution in [-0.4, -0.2) is 43.5 Å². The molecule has 0 spiro atoms. The van der Waals surface area contributed by atoms with Crippen LogP contribution in [0.15, 0.2) is 22.7 Å². The Morgan fingerprint density at radius 3 is 2.65 bits per heavy atom. The van der Waals surface area contributed by atoms with E-state index in [4.69, 9.17) is 11.1 Å². The monoisotopic (exact) mass is 338 g/mol. The summed E-state index contributed by atoms with van der Waals surface area (Å²) in [7, 11) is 2.11. The molecule has 0 aliphatic carbocycles. The normalized spacial score (nSPS) is 17.1. The SMILES string of the molecule is CCN1CCC(N(C)c2ccc(Br)cc2C(=N)N)CC1. The summed E-state index contributed by atoms with van der Waals surface area (Å²) in [5.41, 5.74) is 7.58. The Morgan fingerprint density at radius 2 is 2.10 bits per heavy atom. The fourth-order valence-electron chi connectivity index (χ4n) is 2.85. The Bertz CT molecular complexity index is 481. The van der Waals surface area contributed by atoms with E-state index >= 15 is 0 Å². The molecule has 20 heavy (non-hydrogen) atoms. The zero-order valence-corrected chi connectivity index (χ0v) is 13.8. The number of nitrogen functional groups attached to an aromatic ring is 1. The largest absolute Gasteiger partial charge is 0.384 e. The number of amidine groups is 1. The Labute approximate surface area is 129 Å². The van der Waals surface area contributed by atoms with Crippen molar-refractivity contribution in [2.24, 2.45) is 5.73 Å². The van der Waals surface area contributed by atoms with Crippen LogP contribution in [0, 0.1) is 5.41 Å². The topological polar surface area (TPSA) is 56.4 Å². The average molecular weight is 339 g/mol. The highest BCUT2D eigenvalue weighted by atomic mass is 79.9. The van der Waals surface area contributed by atoms with Gasteiger partial charge in [0.15, 0.2) is 0 Å². The number of nitrogens with zero attached hydrogens (tertiary/aromatic N) is 2. The van der Waals surface area contributed by atoms with Crippen molar-refractivity contribution in [3.05, 3.63) is 28.2 Å². The number of rotatable bonds is 4. The van der Waals surface area contributed by atoms with Crippen molar-refractivity contribution >= 4 is 27.5 Å². The summed E-state index contributed by atoms with van der Waals surface area (Å²) in [5.74, 6) is 0.124. The molecule has 1 aliphatic rings. The number of nitrogens with one attached hydrogen (secondary N) is 1. The maximum atomic E-state index is 7.76. The van der Waals surface area contributed by atoms with Gasteiger partial charge >= 0.3 is 0 Å². The lowest BCUT2D eigenvalue weighted by atomic mass is 10.0. The van der Waals surface area contributed by atoms with Crippen LogP contribution >= 0.6 is 15.9 Å². The lowest BCUT2D eigenvalue weighted by Gasteiger charge is -2.38. The molecule has 2 rings (SSSR count). The number of piperidine rings is 1. The highest BCUT2D eigenvalue weighted by Gasteiger charge is 2.23. The third kappa shape index (κ3) is 3.33. The van der Waals surface area contributed by atoms with Crippen molar-refractivity contribution < 1.29 is 0 Å². The molecular weight excluding hydrogens is 316 g/mol. The zero-order valence-electron chi connectivity index (χ0n) is 12.2. The van der Waals surface area contributed by atoms with Crippen LogP contribution in [0.25, 0.3) is 0 Å². The van der Waals surface area contributed by atoms with Gasteiger partial charge in [-0.05, 0) is 37.6 Å². The highest BCUT2D eigenvalue weighted by molar-refractivity contribution is 9.10. The van der Waals surface area contributed by atoms with E-state index in [1.807, 2.05) is 18.2 Å². The molecule has 0 unspecified atom stereocenters. The van der Waals surface area contributed by atoms with Crippen molar-refractivity contribution in [3.8, 4) is 0 Å². The first-order chi connectivity index (χ1) is 9.52. The van der Waals surface area contributed by atoms with Crippen molar-refractivity contribution in [2.75, 3.05) is 31.6 Å². The smallest absolute Gasteiger partial charge is 0.124 e. The second-order valence-corrected chi connectivity index (χ2v) is 6.27. The molecule has 4 nitrogen and oxygen atoms in total. The van der Waals surface area contributed by atoms with Gasteiger partial charge in [0.1, 0.15) is 5.84 Å². The molecule has 0 saturated carbocycles. The summed E-state index contributed by atoms with van der Waals surface area (Å²) >= 11 is 3.45. The van der Waals surface area contributed by atoms with Crippen molar-refractivity contribution in [1.29, 1.82) is 5.41 Å². The molecule has 0 bridgehead atoms. The summed E-state index contributed by atoms with van der Waals surface area (Å²) < 4.78 is 0.959. The van der Waals surface area contributed by atoms with E-state index in [1.165, 1.54) is 0 Å². The van der Waals surface area contributed by atoms with Crippen molar-refractivity contribution in [3.63, 3.8) is 0 Å². The third-order valence-corrected chi connectivity index (χ3v) is 4.67. The van der Waals surface area contributed by atoms with E-state index in [1.54, 1.807) is 0 Å². The highest BCUT2D eigenvalue weighted by Crippen LogP contribution is 2.27. The summed E-state index contributed by atoms with van der Waals surface area (Å²) in [6, 6.07) is 6.51. The summed E-state index contributed by atoms with van der Waals surface area (Å²) in [6.07, 6.45) is 2.33. The van der Waals surface area contributed by atoms with E-state index in [-0.39, 0.29) is 5.84 Å². The van der Waals surface area contributed by atoms with Gasteiger partial charge < -0.3 is 15.5 Å². The summed E-state index contributed by atoms with van der Waals surface area (Å²) in [4.78, 5) is 4.77. The van der Waals surface area contributed by atoms with E-state index in [0.717, 1.165) is 48.2 Å². The van der Waals surface area contributed by atoms with Crippen LogP contribution in [0.4, 0.5) is 5.69 Å². The molecular formula is C15H23BrN4. The van der Waals surface area contributed by atoms with Gasteiger partial charge in [0.2, 0.25) is 0 Å². The molecule has 1 heterocycles. The number of nitrogens with two attached hydrogens (primary N) is 1. The zero-order chi connectivity index (χ0) is 14.7. The van der Waals surface area contributed by atoms with E-state index in [9.17, 15) is 0 Å². The van der Waals surface area contributed by atoms with Crippen LogP contribution in [0.2, 0.25) is 0 Å². The first kappa shape index (κ1) is 15.3. The predicted octanol–water partition coefficient (Wildman–Crippen LogP) is 2.65. The van der Waals surface area contributed by atoms with Crippen LogP contribution < -0.4 is 10.6 Å². The maximum Gasteiger partial charge on any atom is 0.124 e. The lowest BCUT2D eigenvalue weighted by Crippen LogP contribution is -2.43. The predicted molar refractivity (Wildman–Crippen MR) is 88.7 cm³/mol. The molecule has 0 radical (unpaired) electrons. The van der Waals surface area contributed by atoms with Crippen molar-refractivity contribution in [1.82, 2.24) is 4.90 Å². The molecule has 1 saturated heterocycles.